The average molecular weight is 339 g/mol. The maximum Gasteiger partial charge on any atom is -0.159 e. The van der Waals surface area contributed by atoms with Gasteiger partial charge in [-0.2, -0.15) is 7.82 Å². The Bertz CT molecular complexity index is 152. The van der Waals surface area contributed by atoms with E-state index < -0.39 is 7.82 Å². The van der Waals surface area contributed by atoms with Crippen molar-refractivity contribution < 1.29 is 19.2 Å². The molecule has 110 valence electrons. The monoisotopic (exact) mass is 338 g/mol. The van der Waals surface area contributed by atoms with Crippen LogP contribution >= 0.6 is 7.82 Å². The maximum atomic E-state index is 8.55. The van der Waals surface area contributed by atoms with Gasteiger partial charge in [-0.1, -0.05) is 0 Å². The summed E-state index contributed by atoms with van der Waals surface area (Å²) in [5.41, 5.74) is 0. The zero-order chi connectivity index (χ0) is 16.9. The number of phosphoric acid groups is 1. The minimum Gasteiger partial charge on any atom is -0.822 e. The van der Waals surface area contributed by atoms with Crippen LogP contribution in [0.5, 0.6) is 0 Å². The second-order valence-electron chi connectivity index (χ2n) is 4.07. The van der Waals surface area contributed by atoms with Crippen LogP contribution in [0.15, 0.2) is 0 Å². The molecule has 0 saturated heterocycles. The van der Waals surface area contributed by atoms with Gasteiger partial charge in [-0.05, 0) is 0 Å². The number of hydrogen-bond donors (Lipinski definition) is 0. The standard InChI is InChI=1S/3C4H9.3Mg.H3O4P/c3*1-3-4-2;;;;1-5(2,3)4/h3*1,3-4H2,2H3;;;;(H3,1,2,3,4)/q;;;3*+1;/p-3. The molecule has 0 atom stereocenters. The third-order valence-corrected chi connectivity index (χ3v) is 3.31. The molecule has 0 aromatic rings. The van der Waals surface area contributed by atoms with E-state index in [2.05, 4.69) is 20.8 Å². The molecule has 8 heteroatoms. The fraction of sp³-hybridized carbons (Fsp3) is 1.00. The van der Waals surface area contributed by atoms with Crippen molar-refractivity contribution in [1.29, 1.82) is 0 Å². The molecule has 0 N–H and O–H groups in total. The van der Waals surface area contributed by atoms with Crippen molar-refractivity contribution >= 4 is 72.9 Å². The van der Waals surface area contributed by atoms with Crippen molar-refractivity contribution in [3.63, 3.8) is 0 Å². The van der Waals surface area contributed by atoms with Gasteiger partial charge in [-0.3, -0.25) is 0 Å². The van der Waals surface area contributed by atoms with Crippen molar-refractivity contribution in [2.24, 2.45) is 0 Å². The Morgan fingerprint density at radius 2 is 0.850 bits per heavy atom. The molecule has 0 aromatic carbocycles. The molecule has 0 heterocycles. The molecule has 0 spiro atoms. The average Bonchev–Trinajstić information content (AvgIpc) is 2.31. The van der Waals surface area contributed by atoms with Crippen LogP contribution in [0, 0.1) is 0 Å². The smallest absolute Gasteiger partial charge is 0.159 e. The predicted octanol–water partition coefficient (Wildman–Crippen LogP) is 1.30. The van der Waals surface area contributed by atoms with Crippen LogP contribution in [0.2, 0.25) is 13.7 Å². The minimum absolute atomic E-state index is 1.35. The third kappa shape index (κ3) is 109. The van der Waals surface area contributed by atoms with Gasteiger partial charge in [-0.25, -0.2) is 0 Å². The molecule has 0 rings (SSSR count). The third-order valence-electron chi connectivity index (χ3n) is 1.81. The molecule has 0 radical (unpaired) electrons. The normalized spacial score (nSPS) is 9.40. The number of hydrogen-bond acceptors (Lipinski definition) is 4. The molecule has 0 saturated carbocycles. The summed E-state index contributed by atoms with van der Waals surface area (Å²) in [6.07, 6.45) is 8.26. The molecular formula is C12H27Mg3O4P. The molecule has 0 bridgehead atoms. The van der Waals surface area contributed by atoms with Gasteiger partial charge in [0.15, 0.2) is 0 Å². The minimum atomic E-state index is -5.39. The molecule has 0 aliphatic heterocycles. The summed E-state index contributed by atoms with van der Waals surface area (Å²) in [6, 6.07) is 0. The summed E-state index contributed by atoms with van der Waals surface area (Å²) in [5.74, 6) is 0. The summed E-state index contributed by atoms with van der Waals surface area (Å²) < 4.78 is 12.7. The first-order valence-electron chi connectivity index (χ1n) is 7.35. The number of rotatable bonds is 6. The predicted molar refractivity (Wildman–Crippen MR) is 84.0 cm³/mol. The van der Waals surface area contributed by atoms with Crippen LogP contribution in [-0.2, 0) is 4.57 Å². The Morgan fingerprint density at radius 1 is 0.700 bits per heavy atom. The molecular weight excluding hydrogens is 312 g/mol. The van der Waals surface area contributed by atoms with Crippen molar-refractivity contribution in [3.05, 3.63) is 0 Å². The van der Waals surface area contributed by atoms with Crippen molar-refractivity contribution in [2.75, 3.05) is 0 Å². The largest absolute Gasteiger partial charge is 0.822 e. The van der Waals surface area contributed by atoms with Crippen LogP contribution in [0.3, 0.4) is 0 Å². The van der Waals surface area contributed by atoms with E-state index in [1.54, 1.807) is 0 Å². The summed E-state index contributed by atoms with van der Waals surface area (Å²) >= 11 is 6.15. The van der Waals surface area contributed by atoms with E-state index >= 15 is 0 Å². The van der Waals surface area contributed by atoms with Gasteiger partial charge >= 0.3 is 138 Å². The fourth-order valence-corrected chi connectivity index (χ4v) is 2.25. The second kappa shape index (κ2) is 29.4. The Morgan fingerprint density at radius 3 is 0.850 bits per heavy atom. The van der Waals surface area contributed by atoms with E-state index in [4.69, 9.17) is 19.2 Å². The molecule has 0 aliphatic carbocycles. The van der Waals surface area contributed by atoms with Gasteiger partial charge < -0.3 is 19.2 Å². The van der Waals surface area contributed by atoms with Crippen LogP contribution in [-0.4, -0.2) is 65.1 Å². The first-order valence-corrected chi connectivity index (χ1v) is 11.8. The zero-order valence-corrected chi connectivity index (χ0v) is 18.7. The molecule has 0 aliphatic rings. The van der Waals surface area contributed by atoms with Gasteiger partial charge in [0.2, 0.25) is 0 Å². The Kier molecular flexibility index (Phi) is 44.6. The number of unbranched alkanes of at least 4 members (excludes halogenated alkanes) is 3. The maximum absolute atomic E-state index is 8.55. The van der Waals surface area contributed by atoms with Crippen LogP contribution in [0.25, 0.3) is 0 Å². The second-order valence-corrected chi connectivity index (χ2v) is 7.08. The van der Waals surface area contributed by atoms with E-state index in [0.717, 1.165) is 0 Å². The molecule has 0 fully saturated rings. The van der Waals surface area contributed by atoms with Gasteiger partial charge in [0.1, 0.15) is 0 Å². The Labute approximate surface area is 163 Å². The molecule has 20 heavy (non-hydrogen) atoms. The molecule has 0 amide bonds. The van der Waals surface area contributed by atoms with E-state index in [-0.39, 0.29) is 0 Å². The van der Waals surface area contributed by atoms with E-state index in [1.807, 2.05) is 65.1 Å². The van der Waals surface area contributed by atoms with Crippen LogP contribution in [0.4, 0.5) is 0 Å². The van der Waals surface area contributed by atoms with Crippen molar-refractivity contribution in [1.82, 2.24) is 0 Å². The quantitative estimate of drug-likeness (QED) is 0.539. The Hall–Kier alpha value is 2.41. The summed E-state index contributed by atoms with van der Waals surface area (Å²) in [6.45, 7) is 6.65. The molecule has 0 unspecified atom stereocenters. The van der Waals surface area contributed by atoms with Crippen molar-refractivity contribution in [3.8, 4) is 0 Å². The zero-order valence-electron chi connectivity index (χ0n) is 13.6. The van der Waals surface area contributed by atoms with Crippen LogP contribution < -0.4 is 14.7 Å². The van der Waals surface area contributed by atoms with Crippen LogP contribution in [0.1, 0.15) is 59.3 Å². The van der Waals surface area contributed by atoms with E-state index in [1.165, 1.54) is 52.2 Å². The molecule has 4 nitrogen and oxygen atoms in total. The summed E-state index contributed by atoms with van der Waals surface area (Å²) in [5, 5.41) is 0. The van der Waals surface area contributed by atoms with E-state index in [9.17, 15) is 0 Å². The molecule has 0 aromatic heterocycles. The Balaban J connectivity index is -0.0000000853. The van der Waals surface area contributed by atoms with Gasteiger partial charge in [-0.15, -0.1) is 0 Å². The van der Waals surface area contributed by atoms with Gasteiger partial charge in [0.05, 0.1) is 0 Å². The van der Waals surface area contributed by atoms with E-state index in [0.29, 0.717) is 0 Å². The van der Waals surface area contributed by atoms with Gasteiger partial charge in [0.25, 0.3) is 0 Å². The summed E-state index contributed by atoms with van der Waals surface area (Å²) in [4.78, 5) is 25.6. The first kappa shape index (κ1) is 30.3. The van der Waals surface area contributed by atoms with Gasteiger partial charge in [0, 0.05) is 0 Å². The SMILES string of the molecule is CCC[CH2][Mg+].CCC[CH2][Mg+].CCC[CH2][Mg+].O=P([O-])([O-])[O-]. The topological polar surface area (TPSA) is 86.2 Å². The van der Waals surface area contributed by atoms with Crippen molar-refractivity contribution in [2.45, 2.75) is 72.9 Å². The fourth-order valence-electron chi connectivity index (χ4n) is 0.750. The first-order chi connectivity index (χ1) is 9.24. The summed E-state index contributed by atoms with van der Waals surface area (Å²) in [7, 11) is -5.39.